The topological polar surface area (TPSA) is 58.6 Å². The number of imide groups is 1. The molecule has 1 N–H and O–H groups in total. The van der Waals surface area contributed by atoms with Crippen LogP contribution in [0.15, 0.2) is 0 Å². The molecule has 0 aromatic rings. The molecule has 2 aliphatic heterocycles. The molecule has 0 bridgehead atoms. The van der Waals surface area contributed by atoms with Gasteiger partial charge in [-0.25, -0.2) is 0 Å². The van der Waals surface area contributed by atoms with Gasteiger partial charge >= 0.3 is 0 Å². The van der Waals surface area contributed by atoms with Gasteiger partial charge in [-0.2, -0.15) is 0 Å². The molecule has 2 unspecified atom stereocenters. The molecule has 2 aliphatic rings. The van der Waals surface area contributed by atoms with Crippen molar-refractivity contribution in [2.45, 2.75) is 31.8 Å². The van der Waals surface area contributed by atoms with Gasteiger partial charge in [-0.1, -0.05) is 0 Å². The lowest BCUT2D eigenvalue weighted by Crippen LogP contribution is -2.59. The van der Waals surface area contributed by atoms with Crippen LogP contribution < -0.4 is 5.32 Å². The Kier molecular flexibility index (Phi) is 3.02. The third-order valence-corrected chi connectivity index (χ3v) is 3.04. The fourth-order valence-corrected chi connectivity index (χ4v) is 2.25. The first kappa shape index (κ1) is 10.6. The zero-order valence-electron chi connectivity index (χ0n) is 8.86. The summed E-state index contributed by atoms with van der Waals surface area (Å²) in [5.41, 5.74) is 0. The SMILES string of the molecule is CC1NCCCC1N1C(=O)COCC1=O. The zero-order chi connectivity index (χ0) is 10.8. The number of piperidine rings is 1. The van der Waals surface area contributed by atoms with Crippen LogP contribution in [0.1, 0.15) is 19.8 Å². The number of nitrogens with one attached hydrogen (secondary N) is 1. The smallest absolute Gasteiger partial charge is 0.255 e. The van der Waals surface area contributed by atoms with E-state index < -0.39 is 0 Å². The average Bonchev–Trinajstić information content (AvgIpc) is 2.20. The van der Waals surface area contributed by atoms with Gasteiger partial charge in [-0.15, -0.1) is 0 Å². The molecule has 0 aliphatic carbocycles. The van der Waals surface area contributed by atoms with Gasteiger partial charge in [0, 0.05) is 6.04 Å². The lowest BCUT2D eigenvalue weighted by atomic mass is 9.97. The Balaban J connectivity index is 2.12. The number of morpholine rings is 1. The normalized spacial score (nSPS) is 33.3. The molecule has 0 aromatic carbocycles. The van der Waals surface area contributed by atoms with Crippen molar-refractivity contribution in [1.29, 1.82) is 0 Å². The van der Waals surface area contributed by atoms with Gasteiger partial charge in [0.05, 0.1) is 6.04 Å². The lowest BCUT2D eigenvalue weighted by molar-refractivity contribution is -0.162. The van der Waals surface area contributed by atoms with E-state index in [0.717, 1.165) is 19.4 Å². The molecule has 2 rings (SSSR count). The molecule has 0 aromatic heterocycles. The number of rotatable bonds is 1. The highest BCUT2D eigenvalue weighted by atomic mass is 16.5. The van der Waals surface area contributed by atoms with Crippen molar-refractivity contribution >= 4 is 11.8 Å². The van der Waals surface area contributed by atoms with Gasteiger partial charge < -0.3 is 10.1 Å². The molecule has 15 heavy (non-hydrogen) atoms. The molecule has 2 heterocycles. The van der Waals surface area contributed by atoms with Crippen molar-refractivity contribution in [1.82, 2.24) is 10.2 Å². The van der Waals surface area contributed by atoms with E-state index in [1.54, 1.807) is 0 Å². The minimum atomic E-state index is -0.202. The van der Waals surface area contributed by atoms with E-state index >= 15 is 0 Å². The molecular weight excluding hydrogens is 196 g/mol. The summed E-state index contributed by atoms with van der Waals surface area (Å²) in [5.74, 6) is -0.404. The highest BCUT2D eigenvalue weighted by Crippen LogP contribution is 2.18. The molecule has 2 fully saturated rings. The van der Waals surface area contributed by atoms with E-state index in [0.29, 0.717) is 0 Å². The second-order valence-electron chi connectivity index (χ2n) is 4.10. The Hall–Kier alpha value is -0.940. The highest BCUT2D eigenvalue weighted by molar-refractivity contribution is 5.98. The molecular formula is C10H16N2O3. The maximum Gasteiger partial charge on any atom is 0.255 e. The van der Waals surface area contributed by atoms with Crippen LogP contribution >= 0.6 is 0 Å². The summed E-state index contributed by atoms with van der Waals surface area (Å²) in [6.45, 7) is 3.05. The fourth-order valence-electron chi connectivity index (χ4n) is 2.25. The van der Waals surface area contributed by atoms with Crippen molar-refractivity contribution < 1.29 is 14.3 Å². The van der Waals surface area contributed by atoms with Gasteiger partial charge in [-0.3, -0.25) is 14.5 Å². The van der Waals surface area contributed by atoms with Crippen LogP contribution in [0.5, 0.6) is 0 Å². The minimum Gasteiger partial charge on any atom is -0.362 e. The molecule has 2 saturated heterocycles. The van der Waals surface area contributed by atoms with Crippen molar-refractivity contribution in [2.75, 3.05) is 19.8 Å². The van der Waals surface area contributed by atoms with Gasteiger partial charge in [0.1, 0.15) is 13.2 Å². The van der Waals surface area contributed by atoms with Crippen LogP contribution in [0, 0.1) is 0 Å². The number of hydrogen-bond donors (Lipinski definition) is 1. The molecule has 5 heteroatoms. The Labute approximate surface area is 88.8 Å². The maximum absolute atomic E-state index is 11.6. The fraction of sp³-hybridized carbons (Fsp3) is 0.800. The van der Waals surface area contributed by atoms with Crippen molar-refractivity contribution in [3.8, 4) is 0 Å². The van der Waals surface area contributed by atoms with Crippen molar-refractivity contribution in [2.24, 2.45) is 0 Å². The number of carbonyl (C=O) groups excluding carboxylic acids is 2. The average molecular weight is 212 g/mol. The summed E-state index contributed by atoms with van der Waals surface area (Å²) in [4.78, 5) is 24.6. The van der Waals surface area contributed by atoms with Crippen molar-refractivity contribution in [3.63, 3.8) is 0 Å². The Morgan fingerprint density at radius 2 is 2.00 bits per heavy atom. The first-order chi connectivity index (χ1) is 7.20. The summed E-state index contributed by atoms with van der Waals surface area (Å²) in [5, 5.41) is 3.28. The molecule has 0 spiro atoms. The second kappa shape index (κ2) is 4.28. The third-order valence-electron chi connectivity index (χ3n) is 3.04. The van der Waals surface area contributed by atoms with Crippen LogP contribution in [0.25, 0.3) is 0 Å². The summed E-state index contributed by atoms with van der Waals surface area (Å²) >= 11 is 0. The zero-order valence-corrected chi connectivity index (χ0v) is 8.86. The van der Waals surface area contributed by atoms with Gasteiger partial charge in [0.15, 0.2) is 0 Å². The first-order valence-corrected chi connectivity index (χ1v) is 5.36. The lowest BCUT2D eigenvalue weighted by Gasteiger charge is -2.39. The predicted molar refractivity (Wildman–Crippen MR) is 53.2 cm³/mol. The van der Waals surface area contributed by atoms with Gasteiger partial charge in [0.2, 0.25) is 0 Å². The number of hydrogen-bond acceptors (Lipinski definition) is 4. The molecule has 2 amide bonds. The van der Waals surface area contributed by atoms with E-state index in [1.807, 2.05) is 6.92 Å². The quantitative estimate of drug-likeness (QED) is 0.596. The third kappa shape index (κ3) is 2.03. The summed E-state index contributed by atoms with van der Waals surface area (Å²) in [7, 11) is 0. The largest absolute Gasteiger partial charge is 0.362 e. The van der Waals surface area contributed by atoms with E-state index in [-0.39, 0.29) is 37.1 Å². The Morgan fingerprint density at radius 1 is 1.33 bits per heavy atom. The monoisotopic (exact) mass is 212 g/mol. The molecule has 84 valence electrons. The Morgan fingerprint density at radius 3 is 2.60 bits per heavy atom. The van der Waals surface area contributed by atoms with Crippen LogP contribution in [0.2, 0.25) is 0 Å². The maximum atomic E-state index is 11.6. The van der Waals surface area contributed by atoms with Crippen LogP contribution in [0.3, 0.4) is 0 Å². The van der Waals surface area contributed by atoms with E-state index in [4.69, 9.17) is 4.74 Å². The summed E-state index contributed by atoms with van der Waals surface area (Å²) in [6, 6.07) is 0.187. The summed E-state index contributed by atoms with van der Waals surface area (Å²) in [6.07, 6.45) is 1.90. The number of carbonyl (C=O) groups is 2. The highest BCUT2D eigenvalue weighted by Gasteiger charge is 2.36. The molecule has 5 nitrogen and oxygen atoms in total. The van der Waals surface area contributed by atoms with Gasteiger partial charge in [0.25, 0.3) is 11.8 Å². The van der Waals surface area contributed by atoms with E-state index in [9.17, 15) is 9.59 Å². The molecule has 0 radical (unpaired) electrons. The standard InChI is InChI=1S/C10H16N2O3/c1-7-8(3-2-4-11-7)12-9(13)5-15-6-10(12)14/h7-8,11H,2-6H2,1H3. The minimum absolute atomic E-state index is 0.00245. The van der Waals surface area contributed by atoms with Crippen LogP contribution in [-0.2, 0) is 14.3 Å². The Bertz CT molecular complexity index is 264. The van der Waals surface area contributed by atoms with E-state index in [1.165, 1.54) is 4.90 Å². The van der Waals surface area contributed by atoms with Gasteiger partial charge in [-0.05, 0) is 26.3 Å². The summed E-state index contributed by atoms with van der Waals surface area (Å²) < 4.78 is 4.89. The van der Waals surface area contributed by atoms with Crippen molar-refractivity contribution in [3.05, 3.63) is 0 Å². The second-order valence-corrected chi connectivity index (χ2v) is 4.10. The first-order valence-electron chi connectivity index (χ1n) is 5.36. The van der Waals surface area contributed by atoms with Crippen LogP contribution in [0.4, 0.5) is 0 Å². The van der Waals surface area contributed by atoms with Crippen LogP contribution in [-0.4, -0.2) is 48.6 Å². The number of ether oxygens (including phenoxy) is 1. The number of nitrogens with zero attached hydrogens (tertiary/aromatic N) is 1. The van der Waals surface area contributed by atoms with E-state index in [2.05, 4.69) is 5.32 Å². The number of amides is 2. The predicted octanol–water partition coefficient (Wildman–Crippen LogP) is -0.488. The molecule has 2 atom stereocenters. The molecule has 0 saturated carbocycles.